The summed E-state index contributed by atoms with van der Waals surface area (Å²) in [6, 6.07) is 9.55. The molecule has 2 aromatic carbocycles. The van der Waals surface area contributed by atoms with Gasteiger partial charge in [-0.3, -0.25) is 14.4 Å². The molecule has 0 heterocycles. The largest absolute Gasteiger partial charge is 0.490 e. The Kier molecular flexibility index (Phi) is 9.77. The number of carbonyl (C=O) groups excluding carboxylic acids is 3. The summed E-state index contributed by atoms with van der Waals surface area (Å²) in [7, 11) is 0. The number of hydrogen-bond donors (Lipinski definition) is 3. The van der Waals surface area contributed by atoms with Crippen LogP contribution >= 0.6 is 23.2 Å². The van der Waals surface area contributed by atoms with E-state index in [1.807, 2.05) is 0 Å². The number of benzene rings is 2. The minimum atomic E-state index is -0.875. The average Bonchev–Trinajstić information content (AvgIpc) is 2.72. The van der Waals surface area contributed by atoms with E-state index in [4.69, 9.17) is 32.7 Å². The Balaban J connectivity index is 1.99. The molecular weight excluding hydrogens is 459 g/mol. The Hall–Kier alpha value is -3.30. The van der Waals surface area contributed by atoms with Gasteiger partial charge in [0, 0.05) is 22.3 Å². The Morgan fingerprint density at radius 2 is 1.69 bits per heavy atom. The number of carbonyl (C=O) groups is 3. The lowest BCUT2D eigenvalue weighted by molar-refractivity contribution is -0.139. The zero-order valence-corrected chi connectivity index (χ0v) is 18.9. The maximum absolute atomic E-state index is 12.2. The Bertz CT molecular complexity index is 993. The Morgan fingerprint density at radius 3 is 2.34 bits per heavy atom. The van der Waals surface area contributed by atoms with E-state index in [2.05, 4.69) is 21.2 Å². The number of nitrogens with one attached hydrogen (secondary N) is 3. The van der Waals surface area contributed by atoms with E-state index in [9.17, 15) is 14.4 Å². The van der Waals surface area contributed by atoms with Crippen molar-refractivity contribution in [3.63, 3.8) is 0 Å². The van der Waals surface area contributed by atoms with Gasteiger partial charge in [0.2, 0.25) is 0 Å². The van der Waals surface area contributed by atoms with E-state index in [-0.39, 0.29) is 6.61 Å². The van der Waals surface area contributed by atoms with E-state index in [0.29, 0.717) is 45.9 Å². The van der Waals surface area contributed by atoms with Gasteiger partial charge < -0.3 is 20.1 Å². The monoisotopic (exact) mass is 480 g/mol. The number of halogens is 2. The lowest BCUT2D eigenvalue weighted by Gasteiger charge is -2.13. The second-order valence-electron chi connectivity index (χ2n) is 6.19. The molecule has 0 aromatic heterocycles. The number of nitrogens with zero attached hydrogens (tertiary/aromatic N) is 1. The van der Waals surface area contributed by atoms with Gasteiger partial charge >= 0.3 is 11.8 Å². The van der Waals surface area contributed by atoms with Crippen molar-refractivity contribution in [1.82, 2.24) is 10.7 Å². The zero-order chi connectivity index (χ0) is 23.5. The second kappa shape index (κ2) is 12.5. The highest BCUT2D eigenvalue weighted by Gasteiger charge is 2.12. The lowest BCUT2D eigenvalue weighted by Crippen LogP contribution is -2.37. The van der Waals surface area contributed by atoms with Crippen LogP contribution in [-0.2, 0) is 14.4 Å². The van der Waals surface area contributed by atoms with Gasteiger partial charge in [0.1, 0.15) is 0 Å². The van der Waals surface area contributed by atoms with Crippen molar-refractivity contribution < 1.29 is 23.9 Å². The Morgan fingerprint density at radius 1 is 0.969 bits per heavy atom. The van der Waals surface area contributed by atoms with Crippen molar-refractivity contribution in [2.45, 2.75) is 13.8 Å². The minimum Gasteiger partial charge on any atom is -0.490 e. The van der Waals surface area contributed by atoms with Crippen LogP contribution in [0, 0.1) is 0 Å². The molecule has 9 nitrogen and oxygen atoms in total. The van der Waals surface area contributed by atoms with Gasteiger partial charge in [0.05, 0.1) is 12.8 Å². The molecule has 0 radical (unpaired) electrons. The van der Waals surface area contributed by atoms with Crippen molar-refractivity contribution in [3.8, 4) is 11.5 Å². The van der Waals surface area contributed by atoms with E-state index < -0.39 is 17.7 Å². The Labute approximate surface area is 195 Å². The molecule has 11 heteroatoms. The maximum atomic E-state index is 12.2. The summed E-state index contributed by atoms with van der Waals surface area (Å²) in [5.41, 5.74) is 3.15. The summed E-state index contributed by atoms with van der Waals surface area (Å²) < 4.78 is 11.1. The second-order valence-corrected chi connectivity index (χ2v) is 7.07. The summed E-state index contributed by atoms with van der Waals surface area (Å²) in [6.07, 6.45) is 1.35. The van der Waals surface area contributed by atoms with Gasteiger partial charge in [0.25, 0.3) is 5.91 Å². The molecule has 0 atom stereocenters. The highest BCUT2D eigenvalue weighted by Crippen LogP contribution is 2.28. The van der Waals surface area contributed by atoms with Crippen LogP contribution < -0.4 is 25.5 Å². The molecule has 3 N–H and O–H groups in total. The van der Waals surface area contributed by atoms with Crippen molar-refractivity contribution in [2.75, 3.05) is 25.1 Å². The molecule has 0 saturated heterocycles. The molecule has 170 valence electrons. The number of ether oxygens (including phenoxy) is 2. The number of likely N-dealkylation sites (N-methyl/N-ethyl adjacent to an activating group) is 1. The quantitative estimate of drug-likeness (QED) is 0.289. The molecule has 0 unspecified atom stereocenters. The number of hydrazone groups is 1. The highest BCUT2D eigenvalue weighted by atomic mass is 35.5. The fourth-order valence-corrected chi connectivity index (χ4v) is 2.94. The third kappa shape index (κ3) is 8.09. The molecule has 0 aliphatic rings. The molecule has 2 rings (SSSR count). The smallest absolute Gasteiger partial charge is 0.329 e. The summed E-state index contributed by atoms with van der Waals surface area (Å²) >= 11 is 11.8. The van der Waals surface area contributed by atoms with Crippen LogP contribution in [-0.4, -0.2) is 43.7 Å². The molecule has 2 aromatic rings. The van der Waals surface area contributed by atoms with Crippen LogP contribution in [0.3, 0.4) is 0 Å². The van der Waals surface area contributed by atoms with Gasteiger partial charge in [-0.15, -0.1) is 0 Å². The van der Waals surface area contributed by atoms with Crippen molar-refractivity contribution >= 4 is 52.8 Å². The van der Waals surface area contributed by atoms with Crippen molar-refractivity contribution in [1.29, 1.82) is 0 Å². The number of hydrogen-bond acceptors (Lipinski definition) is 6. The molecule has 0 fully saturated rings. The molecule has 0 spiro atoms. The molecular formula is C21H22Cl2N4O5. The van der Waals surface area contributed by atoms with Crippen LogP contribution in [0.5, 0.6) is 11.5 Å². The van der Waals surface area contributed by atoms with Crippen LogP contribution in [0.1, 0.15) is 19.4 Å². The fourth-order valence-electron chi connectivity index (χ4n) is 2.42. The van der Waals surface area contributed by atoms with Gasteiger partial charge in [0.15, 0.2) is 18.1 Å². The molecule has 32 heavy (non-hydrogen) atoms. The summed E-state index contributed by atoms with van der Waals surface area (Å²) in [5, 5.41) is 9.54. The van der Waals surface area contributed by atoms with Crippen LogP contribution in [0.15, 0.2) is 41.5 Å². The summed E-state index contributed by atoms with van der Waals surface area (Å²) in [6.45, 7) is 3.91. The maximum Gasteiger partial charge on any atom is 0.329 e. The zero-order valence-electron chi connectivity index (χ0n) is 17.4. The van der Waals surface area contributed by atoms with E-state index in [0.717, 1.165) is 0 Å². The van der Waals surface area contributed by atoms with E-state index in [1.54, 1.807) is 50.2 Å². The predicted molar refractivity (Wildman–Crippen MR) is 123 cm³/mol. The van der Waals surface area contributed by atoms with E-state index >= 15 is 0 Å². The molecule has 0 saturated carbocycles. The van der Waals surface area contributed by atoms with E-state index in [1.165, 1.54) is 6.21 Å². The summed E-state index contributed by atoms with van der Waals surface area (Å²) in [4.78, 5) is 35.1. The van der Waals surface area contributed by atoms with Gasteiger partial charge in [-0.25, -0.2) is 5.43 Å². The predicted octanol–water partition coefficient (Wildman–Crippen LogP) is 3.00. The van der Waals surface area contributed by atoms with Crippen molar-refractivity contribution in [2.24, 2.45) is 5.10 Å². The molecule has 3 amide bonds. The molecule has 0 aliphatic heterocycles. The first-order chi connectivity index (χ1) is 15.3. The lowest BCUT2D eigenvalue weighted by atomic mass is 10.2. The normalized spacial score (nSPS) is 10.5. The van der Waals surface area contributed by atoms with Crippen LogP contribution in [0.25, 0.3) is 0 Å². The first kappa shape index (κ1) is 25.0. The van der Waals surface area contributed by atoms with Gasteiger partial charge in [-0.05, 0) is 55.8 Å². The van der Waals surface area contributed by atoms with Crippen LogP contribution in [0.2, 0.25) is 10.0 Å². The number of amides is 3. The third-order valence-corrected chi connectivity index (χ3v) is 4.13. The average molecular weight is 481 g/mol. The summed E-state index contributed by atoms with van der Waals surface area (Å²) in [5.74, 6) is -1.34. The molecule has 0 bridgehead atoms. The van der Waals surface area contributed by atoms with Crippen LogP contribution in [0.4, 0.5) is 5.69 Å². The van der Waals surface area contributed by atoms with Crippen molar-refractivity contribution in [3.05, 3.63) is 52.0 Å². The highest BCUT2D eigenvalue weighted by molar-refractivity contribution is 6.35. The molecule has 0 aliphatic carbocycles. The van der Waals surface area contributed by atoms with Gasteiger partial charge in [-0.2, -0.15) is 5.10 Å². The fraction of sp³-hybridized carbons (Fsp3) is 0.238. The first-order valence-corrected chi connectivity index (χ1v) is 10.3. The third-order valence-electron chi connectivity index (χ3n) is 3.70. The first-order valence-electron chi connectivity index (χ1n) is 9.59. The standard InChI is InChI=1S/C21H22Cl2N4O5/c1-3-24-20(29)21(30)27-25-11-13-5-6-17(18(7-13)31-4-2)32-12-19(28)26-16-9-14(22)8-15(23)10-16/h5-11H,3-4,12H2,1-2H3,(H,24,29)(H,26,28)(H,27,30)/b25-11-. The SMILES string of the molecule is CCNC(=O)C(=O)N/N=C\c1ccc(OCC(=O)Nc2cc(Cl)cc(Cl)c2)c(OCC)c1. The minimum absolute atomic E-state index is 0.278. The van der Waals surface area contributed by atoms with Gasteiger partial charge in [-0.1, -0.05) is 23.2 Å². The topological polar surface area (TPSA) is 118 Å². The number of rotatable bonds is 9. The number of anilines is 1.